The van der Waals surface area contributed by atoms with Gasteiger partial charge in [-0.3, -0.25) is 28.8 Å². The third-order valence-corrected chi connectivity index (χ3v) is 7.01. The number of amides is 5. The molecule has 11 nitrogen and oxygen atoms in total. The number of rotatable bonds is 13. The number of benzene rings is 1. The fraction of sp³-hybridized carbons (Fsp3) is 0.586. The van der Waals surface area contributed by atoms with Gasteiger partial charge in [-0.25, -0.2) is 0 Å². The van der Waals surface area contributed by atoms with Crippen LogP contribution in [0.4, 0.5) is 0 Å². The molecule has 3 rings (SSSR count). The standard InChI is InChI=1S/C29H41N5O6/c1-5-9-20(32-26(38)22(17-10-7-6-8-11-17)34-28(40)29(2,3)4)25(37)33-21(16-18-14-15-30-24(18)36)23(35)27(39)31-19-12-13-19/h6-8,10-11,18-22H,5,9,12-16H2,1-4H3,(H,30,36)(H,31,39)(H,32,38)(H,33,37)(H,34,40)/t18-,20-,21-,22+/m0/s1. The molecule has 1 aromatic rings. The molecule has 2 fully saturated rings. The molecule has 1 aromatic carbocycles. The van der Waals surface area contributed by atoms with Crippen LogP contribution in [0.1, 0.15) is 77.8 Å². The Morgan fingerprint density at radius 3 is 2.12 bits per heavy atom. The molecule has 4 atom stereocenters. The summed E-state index contributed by atoms with van der Waals surface area (Å²) in [6, 6.07) is 5.35. The normalized spacial score (nSPS) is 19.0. The fourth-order valence-corrected chi connectivity index (χ4v) is 4.41. The van der Waals surface area contributed by atoms with Crippen molar-refractivity contribution in [3.63, 3.8) is 0 Å². The van der Waals surface area contributed by atoms with E-state index in [1.807, 2.05) is 6.92 Å². The smallest absolute Gasteiger partial charge is 0.289 e. The van der Waals surface area contributed by atoms with Crippen molar-refractivity contribution in [1.29, 1.82) is 0 Å². The van der Waals surface area contributed by atoms with Crippen molar-refractivity contribution < 1.29 is 28.8 Å². The van der Waals surface area contributed by atoms with Crippen LogP contribution >= 0.6 is 0 Å². The highest BCUT2D eigenvalue weighted by molar-refractivity contribution is 6.38. The van der Waals surface area contributed by atoms with Crippen molar-refractivity contribution in [2.45, 2.75) is 90.4 Å². The number of nitrogens with one attached hydrogen (secondary N) is 5. The van der Waals surface area contributed by atoms with Gasteiger partial charge in [0.1, 0.15) is 12.1 Å². The lowest BCUT2D eigenvalue weighted by Gasteiger charge is -2.27. The van der Waals surface area contributed by atoms with Gasteiger partial charge in [-0.15, -0.1) is 0 Å². The molecule has 2 aliphatic rings. The van der Waals surface area contributed by atoms with E-state index in [4.69, 9.17) is 0 Å². The summed E-state index contributed by atoms with van der Waals surface area (Å²) in [5.74, 6) is -3.92. The highest BCUT2D eigenvalue weighted by Crippen LogP contribution is 2.21. The molecule has 1 aliphatic heterocycles. The first kappa shape index (κ1) is 30.8. The van der Waals surface area contributed by atoms with Crippen LogP contribution in [0.15, 0.2) is 30.3 Å². The minimum Gasteiger partial charge on any atom is -0.356 e. The number of carbonyl (C=O) groups excluding carboxylic acids is 6. The molecular formula is C29H41N5O6. The summed E-state index contributed by atoms with van der Waals surface area (Å²) in [5, 5.41) is 13.5. The molecule has 1 heterocycles. The van der Waals surface area contributed by atoms with Crippen molar-refractivity contribution in [2.24, 2.45) is 11.3 Å². The molecule has 5 amide bonds. The van der Waals surface area contributed by atoms with Gasteiger partial charge >= 0.3 is 0 Å². The molecule has 0 radical (unpaired) electrons. The van der Waals surface area contributed by atoms with Gasteiger partial charge in [-0.05, 0) is 37.7 Å². The van der Waals surface area contributed by atoms with E-state index in [-0.39, 0.29) is 30.7 Å². The minimum absolute atomic E-state index is 0.0183. The molecule has 11 heteroatoms. The van der Waals surface area contributed by atoms with Crippen LogP contribution in [-0.2, 0) is 28.8 Å². The Kier molecular flexibility index (Phi) is 10.4. The second kappa shape index (κ2) is 13.5. The maximum Gasteiger partial charge on any atom is 0.289 e. The number of hydrogen-bond acceptors (Lipinski definition) is 6. The number of hydrogen-bond donors (Lipinski definition) is 5. The number of ketones is 1. The van der Waals surface area contributed by atoms with Crippen molar-refractivity contribution in [3.8, 4) is 0 Å². The van der Waals surface area contributed by atoms with Gasteiger partial charge in [0, 0.05) is 23.9 Å². The highest BCUT2D eigenvalue weighted by Gasteiger charge is 2.37. The SMILES string of the molecule is CCC[C@H](NC(=O)[C@H](NC(=O)C(C)(C)C)c1ccccc1)C(=O)N[C@@H](C[C@@H]1CCNC1=O)C(=O)C(=O)NC1CC1. The second-order valence-electron chi connectivity index (χ2n) is 11.6. The van der Waals surface area contributed by atoms with Crippen LogP contribution in [0.2, 0.25) is 0 Å². The maximum atomic E-state index is 13.5. The first-order valence-electron chi connectivity index (χ1n) is 14.0. The molecule has 0 spiro atoms. The fourth-order valence-electron chi connectivity index (χ4n) is 4.41. The summed E-state index contributed by atoms with van der Waals surface area (Å²) in [6.07, 6.45) is 2.85. The van der Waals surface area contributed by atoms with Crippen LogP contribution in [0.25, 0.3) is 0 Å². The van der Waals surface area contributed by atoms with Crippen molar-refractivity contribution in [3.05, 3.63) is 35.9 Å². The van der Waals surface area contributed by atoms with Crippen molar-refractivity contribution >= 4 is 35.3 Å². The molecule has 0 unspecified atom stereocenters. The number of Topliss-reactive ketones (excluding diaryl/α,β-unsaturated/α-hetero) is 1. The summed E-state index contributed by atoms with van der Waals surface area (Å²) in [4.78, 5) is 77.5. The lowest BCUT2D eigenvalue weighted by molar-refractivity contribution is -0.141. The zero-order valence-electron chi connectivity index (χ0n) is 23.7. The van der Waals surface area contributed by atoms with E-state index in [2.05, 4.69) is 26.6 Å². The van der Waals surface area contributed by atoms with Crippen LogP contribution in [0, 0.1) is 11.3 Å². The average Bonchev–Trinajstić information content (AvgIpc) is 3.64. The average molecular weight is 556 g/mol. The molecule has 0 bridgehead atoms. The predicted molar refractivity (Wildman–Crippen MR) is 147 cm³/mol. The Bertz CT molecular complexity index is 1110. The highest BCUT2D eigenvalue weighted by atomic mass is 16.2. The van der Waals surface area contributed by atoms with Gasteiger partial charge in [0.05, 0.1) is 6.04 Å². The van der Waals surface area contributed by atoms with Crippen LogP contribution in [0.3, 0.4) is 0 Å². The van der Waals surface area contributed by atoms with E-state index in [9.17, 15) is 28.8 Å². The summed E-state index contributed by atoms with van der Waals surface area (Å²) in [6.45, 7) is 7.50. The quantitative estimate of drug-likeness (QED) is 0.228. The Hall–Kier alpha value is -3.76. The molecule has 5 N–H and O–H groups in total. The Balaban J connectivity index is 1.77. The topological polar surface area (TPSA) is 163 Å². The van der Waals surface area contributed by atoms with E-state index < -0.39 is 53.0 Å². The Morgan fingerprint density at radius 1 is 0.925 bits per heavy atom. The minimum atomic E-state index is -1.22. The first-order valence-corrected chi connectivity index (χ1v) is 14.0. The van der Waals surface area contributed by atoms with Crippen LogP contribution < -0.4 is 26.6 Å². The summed E-state index contributed by atoms with van der Waals surface area (Å²) < 4.78 is 0. The van der Waals surface area contributed by atoms with E-state index in [1.54, 1.807) is 51.1 Å². The summed E-state index contributed by atoms with van der Waals surface area (Å²) >= 11 is 0. The van der Waals surface area contributed by atoms with E-state index in [1.165, 1.54) is 0 Å². The van der Waals surface area contributed by atoms with Gasteiger partial charge in [0.25, 0.3) is 5.91 Å². The molecule has 1 saturated heterocycles. The van der Waals surface area contributed by atoms with E-state index in [0.29, 0.717) is 24.9 Å². The Morgan fingerprint density at radius 2 is 1.57 bits per heavy atom. The molecule has 1 saturated carbocycles. The summed E-state index contributed by atoms with van der Waals surface area (Å²) in [5.41, 5.74) is -0.209. The predicted octanol–water partition coefficient (Wildman–Crippen LogP) is 1.03. The van der Waals surface area contributed by atoms with E-state index >= 15 is 0 Å². The van der Waals surface area contributed by atoms with Crippen molar-refractivity contribution in [2.75, 3.05) is 6.54 Å². The lowest BCUT2D eigenvalue weighted by Crippen LogP contribution is -2.56. The Labute approximate surface area is 235 Å². The van der Waals surface area contributed by atoms with E-state index in [0.717, 1.165) is 12.8 Å². The van der Waals surface area contributed by atoms with Gasteiger partial charge in [-0.1, -0.05) is 64.4 Å². The molecule has 218 valence electrons. The first-order chi connectivity index (χ1) is 18.9. The zero-order valence-corrected chi connectivity index (χ0v) is 23.7. The largest absolute Gasteiger partial charge is 0.356 e. The van der Waals surface area contributed by atoms with Gasteiger partial charge in [0.15, 0.2) is 0 Å². The second-order valence-corrected chi connectivity index (χ2v) is 11.6. The molecule has 0 aromatic heterocycles. The lowest BCUT2D eigenvalue weighted by atomic mass is 9.94. The molecule has 1 aliphatic carbocycles. The third-order valence-electron chi connectivity index (χ3n) is 7.01. The van der Waals surface area contributed by atoms with Crippen LogP contribution in [-0.4, -0.2) is 60.0 Å². The van der Waals surface area contributed by atoms with Gasteiger partial charge in [-0.2, -0.15) is 0 Å². The monoisotopic (exact) mass is 555 g/mol. The molecular weight excluding hydrogens is 514 g/mol. The van der Waals surface area contributed by atoms with Crippen LogP contribution in [0.5, 0.6) is 0 Å². The zero-order chi connectivity index (χ0) is 29.4. The molecule has 40 heavy (non-hydrogen) atoms. The maximum absolute atomic E-state index is 13.5. The van der Waals surface area contributed by atoms with Crippen molar-refractivity contribution in [1.82, 2.24) is 26.6 Å². The van der Waals surface area contributed by atoms with Gasteiger partial charge < -0.3 is 26.6 Å². The van der Waals surface area contributed by atoms with Gasteiger partial charge in [0.2, 0.25) is 29.4 Å². The third kappa shape index (κ3) is 8.62. The number of carbonyl (C=O) groups is 6. The summed E-state index contributed by atoms with van der Waals surface area (Å²) in [7, 11) is 0.